The van der Waals surface area contributed by atoms with Crippen molar-refractivity contribution < 1.29 is 13.2 Å². The van der Waals surface area contributed by atoms with E-state index in [4.69, 9.17) is 22.3 Å². The standard InChI is InChI=1S/C13H15Cl2NO3S/c1-13(2)6-3-7-16(13)12(17)9-4-5-10(14)11(8-9)20(15,18)19/h4-5,8H,3,6-7H2,1-2H3. The van der Waals surface area contributed by atoms with Gasteiger partial charge in [0.05, 0.1) is 5.02 Å². The molecule has 1 aliphatic rings. The van der Waals surface area contributed by atoms with E-state index in [1.165, 1.54) is 18.2 Å². The Morgan fingerprint density at radius 1 is 1.35 bits per heavy atom. The normalized spacial score (nSPS) is 18.3. The minimum Gasteiger partial charge on any atom is -0.334 e. The smallest absolute Gasteiger partial charge is 0.262 e. The lowest BCUT2D eigenvalue weighted by atomic mass is 10.0. The topological polar surface area (TPSA) is 54.5 Å². The Morgan fingerprint density at radius 2 is 2.00 bits per heavy atom. The highest BCUT2D eigenvalue weighted by Gasteiger charge is 2.36. The van der Waals surface area contributed by atoms with Crippen LogP contribution < -0.4 is 0 Å². The summed E-state index contributed by atoms with van der Waals surface area (Å²) >= 11 is 5.81. The summed E-state index contributed by atoms with van der Waals surface area (Å²) in [6.45, 7) is 4.65. The molecular formula is C13H15Cl2NO3S. The third-order valence-electron chi connectivity index (χ3n) is 3.59. The number of carbonyl (C=O) groups excluding carboxylic acids is 1. The highest BCUT2D eigenvalue weighted by molar-refractivity contribution is 8.13. The third-order valence-corrected chi connectivity index (χ3v) is 5.39. The van der Waals surface area contributed by atoms with Crippen LogP contribution in [0, 0.1) is 0 Å². The minimum atomic E-state index is -3.97. The highest BCUT2D eigenvalue weighted by atomic mass is 35.7. The van der Waals surface area contributed by atoms with Gasteiger partial charge in [0.25, 0.3) is 15.0 Å². The van der Waals surface area contributed by atoms with E-state index in [9.17, 15) is 13.2 Å². The number of halogens is 2. The van der Waals surface area contributed by atoms with Gasteiger partial charge < -0.3 is 4.90 Å². The maximum absolute atomic E-state index is 12.5. The molecule has 1 saturated heterocycles. The first-order valence-corrected chi connectivity index (χ1v) is 8.88. The van der Waals surface area contributed by atoms with Gasteiger partial charge in [-0.1, -0.05) is 11.6 Å². The largest absolute Gasteiger partial charge is 0.334 e. The molecule has 1 fully saturated rings. The molecule has 1 aromatic rings. The lowest BCUT2D eigenvalue weighted by molar-refractivity contribution is 0.0652. The average molecular weight is 336 g/mol. The zero-order valence-corrected chi connectivity index (χ0v) is 13.5. The van der Waals surface area contributed by atoms with Crippen molar-refractivity contribution in [2.45, 2.75) is 37.1 Å². The van der Waals surface area contributed by atoms with E-state index in [1.807, 2.05) is 13.8 Å². The van der Waals surface area contributed by atoms with Gasteiger partial charge in [-0.3, -0.25) is 4.79 Å². The van der Waals surface area contributed by atoms with Crippen molar-refractivity contribution in [1.82, 2.24) is 4.90 Å². The van der Waals surface area contributed by atoms with E-state index >= 15 is 0 Å². The average Bonchev–Trinajstić information content (AvgIpc) is 2.67. The van der Waals surface area contributed by atoms with Gasteiger partial charge >= 0.3 is 0 Å². The molecule has 0 N–H and O–H groups in total. The van der Waals surface area contributed by atoms with E-state index in [0.29, 0.717) is 6.54 Å². The van der Waals surface area contributed by atoms with Crippen LogP contribution in [-0.2, 0) is 9.05 Å². The number of rotatable bonds is 2. The molecule has 7 heteroatoms. The van der Waals surface area contributed by atoms with Crippen molar-refractivity contribution in [1.29, 1.82) is 0 Å². The van der Waals surface area contributed by atoms with Crippen LogP contribution in [0.4, 0.5) is 0 Å². The first-order valence-electron chi connectivity index (χ1n) is 6.19. The summed E-state index contributed by atoms with van der Waals surface area (Å²) in [5.74, 6) is -0.203. The monoisotopic (exact) mass is 335 g/mol. The number of nitrogens with zero attached hydrogens (tertiary/aromatic N) is 1. The molecule has 0 aliphatic carbocycles. The Balaban J connectivity index is 2.42. The lowest BCUT2D eigenvalue weighted by Crippen LogP contribution is -2.42. The van der Waals surface area contributed by atoms with Gasteiger partial charge in [-0.15, -0.1) is 0 Å². The van der Waals surface area contributed by atoms with Gasteiger partial charge in [-0.2, -0.15) is 0 Å². The molecule has 20 heavy (non-hydrogen) atoms. The van der Waals surface area contributed by atoms with E-state index < -0.39 is 9.05 Å². The van der Waals surface area contributed by atoms with Crippen LogP contribution in [0.15, 0.2) is 23.1 Å². The summed E-state index contributed by atoms with van der Waals surface area (Å²) in [7, 11) is 1.35. The summed E-state index contributed by atoms with van der Waals surface area (Å²) < 4.78 is 22.9. The van der Waals surface area contributed by atoms with Crippen molar-refractivity contribution in [3.05, 3.63) is 28.8 Å². The fraction of sp³-hybridized carbons (Fsp3) is 0.462. The number of likely N-dealkylation sites (tertiary alicyclic amines) is 1. The van der Waals surface area contributed by atoms with Crippen LogP contribution >= 0.6 is 22.3 Å². The van der Waals surface area contributed by atoms with Crippen molar-refractivity contribution >= 4 is 37.2 Å². The second-order valence-corrected chi connectivity index (χ2v) is 8.40. The van der Waals surface area contributed by atoms with E-state index in [0.717, 1.165) is 12.8 Å². The quantitative estimate of drug-likeness (QED) is 0.779. The summed E-state index contributed by atoms with van der Waals surface area (Å²) in [5.41, 5.74) is 0.0556. The number of hydrogen-bond donors (Lipinski definition) is 0. The maximum atomic E-state index is 12.5. The van der Waals surface area contributed by atoms with Gasteiger partial charge in [0, 0.05) is 28.3 Å². The summed E-state index contributed by atoms with van der Waals surface area (Å²) in [6.07, 6.45) is 1.86. The second-order valence-electron chi connectivity index (χ2n) is 5.46. The van der Waals surface area contributed by atoms with Gasteiger partial charge in [-0.25, -0.2) is 8.42 Å². The van der Waals surface area contributed by atoms with Crippen molar-refractivity contribution in [3.8, 4) is 0 Å². The molecule has 0 bridgehead atoms. The minimum absolute atomic E-state index is 0.0113. The molecule has 1 aromatic carbocycles. The van der Waals surface area contributed by atoms with Crippen LogP contribution in [0.3, 0.4) is 0 Å². The SMILES string of the molecule is CC1(C)CCCN1C(=O)c1ccc(Cl)c(S(=O)(=O)Cl)c1. The molecule has 110 valence electrons. The van der Waals surface area contributed by atoms with E-state index in [2.05, 4.69) is 0 Å². The van der Waals surface area contributed by atoms with Gasteiger partial charge in [0.2, 0.25) is 0 Å². The van der Waals surface area contributed by atoms with E-state index in [1.54, 1.807) is 4.90 Å². The Labute approximate surface area is 128 Å². The zero-order valence-electron chi connectivity index (χ0n) is 11.2. The maximum Gasteiger partial charge on any atom is 0.262 e. The Kier molecular flexibility index (Phi) is 4.06. The first kappa shape index (κ1) is 15.6. The number of hydrogen-bond acceptors (Lipinski definition) is 3. The molecule has 0 saturated carbocycles. The summed E-state index contributed by atoms with van der Waals surface area (Å²) in [6, 6.07) is 4.14. The lowest BCUT2D eigenvalue weighted by Gasteiger charge is -2.31. The second kappa shape index (κ2) is 5.20. The number of benzene rings is 1. The number of carbonyl (C=O) groups is 1. The van der Waals surface area contributed by atoms with Crippen LogP contribution in [0.1, 0.15) is 37.0 Å². The van der Waals surface area contributed by atoms with Gasteiger partial charge in [0.15, 0.2) is 0 Å². The Morgan fingerprint density at radius 3 is 2.50 bits per heavy atom. The molecular weight excluding hydrogens is 321 g/mol. The predicted molar refractivity (Wildman–Crippen MR) is 78.8 cm³/mol. The first-order chi connectivity index (χ1) is 9.13. The summed E-state index contributed by atoms with van der Waals surface area (Å²) in [4.78, 5) is 14.0. The number of amides is 1. The van der Waals surface area contributed by atoms with Crippen molar-refractivity contribution in [2.24, 2.45) is 0 Å². The molecule has 4 nitrogen and oxygen atoms in total. The predicted octanol–water partition coefficient (Wildman–Crippen LogP) is 3.28. The Hall–Kier alpha value is -0.780. The molecule has 0 atom stereocenters. The zero-order chi connectivity index (χ0) is 15.1. The molecule has 0 unspecified atom stereocenters. The van der Waals surface area contributed by atoms with Crippen molar-refractivity contribution in [2.75, 3.05) is 6.54 Å². The van der Waals surface area contributed by atoms with Gasteiger partial charge in [-0.05, 0) is 44.9 Å². The molecule has 2 rings (SSSR count). The van der Waals surface area contributed by atoms with Crippen LogP contribution in [0.5, 0.6) is 0 Å². The van der Waals surface area contributed by atoms with Crippen molar-refractivity contribution in [3.63, 3.8) is 0 Å². The molecule has 1 heterocycles. The molecule has 1 aliphatic heterocycles. The molecule has 0 radical (unpaired) electrons. The van der Waals surface area contributed by atoms with Crippen LogP contribution in [0.25, 0.3) is 0 Å². The third kappa shape index (κ3) is 2.95. The fourth-order valence-electron chi connectivity index (χ4n) is 2.46. The van der Waals surface area contributed by atoms with Crippen LogP contribution in [-0.4, -0.2) is 31.3 Å². The summed E-state index contributed by atoms with van der Waals surface area (Å²) in [5, 5.41) is 0.0113. The Bertz CT molecular complexity index is 656. The van der Waals surface area contributed by atoms with Gasteiger partial charge in [0.1, 0.15) is 4.90 Å². The van der Waals surface area contributed by atoms with E-state index in [-0.39, 0.29) is 26.9 Å². The molecule has 0 aromatic heterocycles. The molecule has 1 amide bonds. The fourth-order valence-corrected chi connectivity index (χ4v) is 3.96. The highest BCUT2D eigenvalue weighted by Crippen LogP contribution is 2.31. The molecule has 0 spiro atoms. The van der Waals surface area contributed by atoms with Crippen LogP contribution in [0.2, 0.25) is 5.02 Å².